The number of aromatic nitrogens is 3. The minimum Gasteiger partial charge on any atom is -0.481 e. The Morgan fingerprint density at radius 2 is 1.53 bits per heavy atom. The molecule has 0 spiro atoms. The van der Waals surface area contributed by atoms with Gasteiger partial charge < -0.3 is 24.2 Å². The summed E-state index contributed by atoms with van der Waals surface area (Å²) in [5.41, 5.74) is -1.47. The van der Waals surface area contributed by atoms with Gasteiger partial charge in [0.1, 0.15) is 4.90 Å². The van der Waals surface area contributed by atoms with E-state index in [1.165, 1.54) is 52.7 Å². The number of hydrogen-bond acceptors (Lipinski definition) is 14. The van der Waals surface area contributed by atoms with Crippen LogP contribution < -0.4 is 24.8 Å². The van der Waals surface area contributed by atoms with Crippen LogP contribution >= 0.6 is 0 Å². The second kappa shape index (κ2) is 16.5. The van der Waals surface area contributed by atoms with Gasteiger partial charge in [0, 0.05) is 37.5 Å². The van der Waals surface area contributed by atoms with Crippen LogP contribution in [0.15, 0.2) is 63.0 Å². The highest BCUT2D eigenvalue weighted by Crippen LogP contribution is 2.42. The molecule has 1 aliphatic carbocycles. The number of carbonyl (C=O) groups excluding carboxylic acids is 4. The normalized spacial score (nSPS) is 12.7. The lowest BCUT2D eigenvalue weighted by Crippen LogP contribution is -2.36. The third-order valence-electron chi connectivity index (χ3n) is 7.43. The number of anilines is 2. The van der Waals surface area contributed by atoms with Crippen molar-refractivity contribution in [3.8, 4) is 11.8 Å². The molecule has 4 amide bonds. The second-order valence-electron chi connectivity index (χ2n) is 11.7. The molecule has 1 aliphatic rings. The van der Waals surface area contributed by atoms with Crippen LogP contribution in [0.3, 0.4) is 0 Å². The molecule has 0 atom stereocenters. The summed E-state index contributed by atoms with van der Waals surface area (Å²) in [5, 5.41) is 7.99. The third-order valence-corrected chi connectivity index (χ3v) is 9.93. The van der Waals surface area contributed by atoms with Gasteiger partial charge in [0.05, 0.1) is 48.1 Å². The van der Waals surface area contributed by atoms with Gasteiger partial charge in [-0.3, -0.25) is 19.7 Å². The van der Waals surface area contributed by atoms with Crippen molar-refractivity contribution in [2.24, 2.45) is 0 Å². The monoisotopic (exact) mass is 811 g/mol. The molecule has 2 aromatic carbocycles. The highest BCUT2D eigenvalue weighted by molar-refractivity contribution is 7.91. The number of rotatable bonds is 12. The number of ether oxygens (including phenoxy) is 2. The largest absolute Gasteiger partial charge is 0.481 e. The molecule has 2 aromatic heterocycles. The molecule has 1 fully saturated rings. The molecule has 5 rings (SSSR count). The van der Waals surface area contributed by atoms with Gasteiger partial charge in [-0.2, -0.15) is 23.1 Å². The molecule has 55 heavy (non-hydrogen) atoms. The van der Waals surface area contributed by atoms with Gasteiger partial charge in [-0.15, -0.1) is 0 Å². The third kappa shape index (κ3) is 10.3. The summed E-state index contributed by atoms with van der Waals surface area (Å²) in [5.74, 6) is -1.11. The zero-order chi connectivity index (χ0) is 40.9. The van der Waals surface area contributed by atoms with Gasteiger partial charge in [0.15, 0.2) is 21.4 Å². The van der Waals surface area contributed by atoms with Crippen molar-refractivity contribution in [2.45, 2.75) is 34.7 Å². The molecule has 1 saturated carbocycles. The summed E-state index contributed by atoms with van der Waals surface area (Å²) in [6, 6.07) is 5.81. The number of ketones is 1. The molecular weight excluding hydrogens is 780 g/mol. The van der Waals surface area contributed by atoms with E-state index in [9.17, 15) is 49.2 Å². The number of alkyl halides is 3. The predicted octanol–water partition coefficient (Wildman–Crippen LogP) is 3.48. The first-order chi connectivity index (χ1) is 25.7. The molecular formula is C32H32F3N7O11S2. The maximum absolute atomic E-state index is 12.8. The summed E-state index contributed by atoms with van der Waals surface area (Å²) >= 11 is 0. The van der Waals surface area contributed by atoms with Crippen LogP contribution in [0.2, 0.25) is 0 Å². The van der Waals surface area contributed by atoms with Crippen molar-refractivity contribution < 1.29 is 63.2 Å². The standard InChI is InChI=1S/C17H20N6O7S.C15H12F3NO4S/c1-23(2)15(25)11-6-5-10(18-9-24)7-12(11)31(27,28)22-17(26)21-16-19-13(29-3)8-14(20-16)30-4;1-24(21,22)12-6-9(15(16,17)18)4-5-10(12)13(20)11-7-19-23-14(11)8-2-3-8/h5-9H,1-4H3,(H,18,24)(H2,19,20,21,22,26);4-8H,2-3H2,1H3. The smallest absolute Gasteiger partial charge is 0.416 e. The Bertz CT molecular complexity index is 2320. The van der Waals surface area contributed by atoms with Gasteiger partial charge in [0.25, 0.3) is 15.9 Å². The Hall–Kier alpha value is -6.10. The minimum absolute atomic E-state index is 0.0441. The predicted molar refractivity (Wildman–Crippen MR) is 185 cm³/mol. The van der Waals surface area contributed by atoms with Gasteiger partial charge >= 0.3 is 12.2 Å². The molecule has 23 heteroatoms. The summed E-state index contributed by atoms with van der Waals surface area (Å²) < 4.78 is 105. The molecule has 3 N–H and O–H groups in total. The number of carbonyl (C=O) groups is 4. The van der Waals surface area contributed by atoms with Crippen molar-refractivity contribution in [3.05, 3.63) is 76.7 Å². The van der Waals surface area contributed by atoms with E-state index in [-0.39, 0.29) is 46.0 Å². The Morgan fingerprint density at radius 1 is 0.909 bits per heavy atom. The summed E-state index contributed by atoms with van der Waals surface area (Å²) in [4.78, 5) is 55.7. The number of sulfone groups is 1. The quantitative estimate of drug-likeness (QED) is 0.137. The highest BCUT2D eigenvalue weighted by atomic mass is 32.2. The van der Waals surface area contributed by atoms with Gasteiger partial charge in [-0.05, 0) is 49.2 Å². The topological polar surface area (TPSA) is 246 Å². The summed E-state index contributed by atoms with van der Waals surface area (Å²) in [7, 11) is -3.05. The molecule has 294 valence electrons. The maximum atomic E-state index is 12.8. The first kappa shape index (κ1) is 41.7. The van der Waals surface area contributed by atoms with E-state index < -0.39 is 59.1 Å². The van der Waals surface area contributed by atoms with Crippen LogP contribution in [-0.4, -0.2) is 95.6 Å². The van der Waals surface area contributed by atoms with E-state index in [1.54, 1.807) is 4.72 Å². The lowest BCUT2D eigenvalue weighted by Gasteiger charge is -2.16. The molecule has 0 bridgehead atoms. The molecule has 0 saturated heterocycles. The molecule has 18 nitrogen and oxygen atoms in total. The van der Waals surface area contributed by atoms with Crippen LogP contribution in [0, 0.1) is 0 Å². The average Bonchev–Trinajstić information content (AvgIpc) is 3.85. The molecule has 0 aliphatic heterocycles. The fourth-order valence-corrected chi connectivity index (χ4v) is 6.72. The lowest BCUT2D eigenvalue weighted by molar-refractivity contribution is -0.137. The molecule has 2 heterocycles. The number of nitrogens with zero attached hydrogens (tertiary/aromatic N) is 4. The molecule has 4 aromatic rings. The zero-order valence-corrected chi connectivity index (χ0v) is 31.1. The maximum Gasteiger partial charge on any atom is 0.416 e. The van der Waals surface area contributed by atoms with E-state index in [0.717, 1.165) is 36.1 Å². The van der Waals surface area contributed by atoms with E-state index in [4.69, 9.17) is 14.0 Å². The van der Waals surface area contributed by atoms with Gasteiger partial charge in [-0.25, -0.2) is 26.4 Å². The number of methoxy groups -OCH3 is 2. The number of benzene rings is 2. The van der Waals surface area contributed by atoms with E-state index in [1.807, 2.05) is 0 Å². The van der Waals surface area contributed by atoms with Crippen molar-refractivity contribution in [3.63, 3.8) is 0 Å². The Balaban J connectivity index is 0.000000252. The van der Waals surface area contributed by atoms with Crippen LogP contribution in [-0.2, 0) is 30.8 Å². The van der Waals surface area contributed by atoms with Crippen LogP contribution in [0.5, 0.6) is 11.8 Å². The van der Waals surface area contributed by atoms with Crippen molar-refractivity contribution >= 4 is 55.6 Å². The number of sulfonamides is 1. The van der Waals surface area contributed by atoms with Gasteiger partial charge in [-0.1, -0.05) is 5.16 Å². The SMILES string of the molecule is COc1cc(OC)nc(NC(=O)NS(=O)(=O)c2cc(NC=O)ccc2C(=O)N(C)C)n1.CS(=O)(=O)c1cc(C(F)(F)F)ccc1C(=O)c1cnoc1C1CC1. The number of halogens is 3. The fourth-order valence-electron chi connectivity index (χ4n) is 4.69. The number of urea groups is 1. The van der Waals surface area contributed by atoms with Crippen molar-refractivity contribution in [1.82, 2.24) is 24.7 Å². The van der Waals surface area contributed by atoms with Crippen LogP contribution in [0.25, 0.3) is 0 Å². The van der Waals surface area contributed by atoms with E-state index in [2.05, 4.69) is 25.8 Å². The van der Waals surface area contributed by atoms with Crippen LogP contribution in [0.1, 0.15) is 56.4 Å². The Kier molecular flexibility index (Phi) is 12.5. The second-order valence-corrected chi connectivity index (χ2v) is 15.3. The van der Waals surface area contributed by atoms with E-state index >= 15 is 0 Å². The van der Waals surface area contributed by atoms with E-state index in [0.29, 0.717) is 24.3 Å². The molecule has 0 unspecified atom stereocenters. The van der Waals surface area contributed by atoms with Crippen molar-refractivity contribution in [1.29, 1.82) is 0 Å². The van der Waals surface area contributed by atoms with Crippen molar-refractivity contribution in [2.75, 3.05) is 45.2 Å². The lowest BCUT2D eigenvalue weighted by atomic mass is 10.0. The number of hydrogen-bond donors (Lipinski definition) is 3. The average molecular weight is 812 g/mol. The minimum atomic E-state index is -4.71. The Morgan fingerprint density at radius 3 is 2.05 bits per heavy atom. The summed E-state index contributed by atoms with van der Waals surface area (Å²) in [6.45, 7) is 0. The van der Waals surface area contributed by atoms with Crippen LogP contribution in [0.4, 0.5) is 29.6 Å². The molecule has 0 radical (unpaired) electrons. The highest BCUT2D eigenvalue weighted by Gasteiger charge is 2.36. The fraction of sp³-hybridized carbons (Fsp3) is 0.281. The number of amides is 4. The van der Waals surface area contributed by atoms with Gasteiger partial charge in [0.2, 0.25) is 24.1 Å². The first-order valence-corrected chi connectivity index (χ1v) is 18.8. The first-order valence-electron chi connectivity index (χ1n) is 15.5. The summed E-state index contributed by atoms with van der Waals surface area (Å²) in [6.07, 6.45) is -0.804. The Labute approximate surface area is 311 Å². The number of nitrogens with one attached hydrogen (secondary N) is 3. The zero-order valence-electron chi connectivity index (χ0n) is 29.4.